The molecule has 1 aromatic heterocycles. The summed E-state index contributed by atoms with van der Waals surface area (Å²) in [7, 11) is 1.55. The van der Waals surface area contributed by atoms with Gasteiger partial charge in [0.05, 0.1) is 29.8 Å². The molecule has 164 valence electrons. The van der Waals surface area contributed by atoms with Crippen LogP contribution in [0.3, 0.4) is 0 Å². The molecule has 2 aromatic carbocycles. The molecule has 1 unspecified atom stereocenters. The number of aromatic nitrogens is 2. The van der Waals surface area contributed by atoms with Crippen LogP contribution < -0.4 is 21.3 Å². The third kappa shape index (κ3) is 4.54. The number of hydrogen-bond donors (Lipinski definition) is 1. The van der Waals surface area contributed by atoms with Crippen LogP contribution in [-0.4, -0.2) is 41.9 Å². The molecule has 0 aliphatic heterocycles. The van der Waals surface area contributed by atoms with Gasteiger partial charge in [0.25, 0.3) is 5.56 Å². The number of nitrogens with one attached hydrogen (secondary N) is 1. The summed E-state index contributed by atoms with van der Waals surface area (Å²) in [6.07, 6.45) is 0.379. The number of hydrogen-bond acceptors (Lipinski definition) is 5. The Bertz CT molecular complexity index is 1160. The number of para-hydroxylation sites is 1. The van der Waals surface area contributed by atoms with Gasteiger partial charge in [-0.3, -0.25) is 14.2 Å². The first-order valence-corrected chi connectivity index (χ1v) is 10.3. The van der Waals surface area contributed by atoms with Crippen LogP contribution in [-0.2, 0) is 9.53 Å². The van der Waals surface area contributed by atoms with E-state index in [1.807, 2.05) is 13.8 Å². The lowest BCUT2D eigenvalue weighted by molar-refractivity contribution is -0.124. The summed E-state index contributed by atoms with van der Waals surface area (Å²) in [6.45, 7) is 4.91. The summed E-state index contributed by atoms with van der Waals surface area (Å²) in [5.74, 6) is 0.341. The summed E-state index contributed by atoms with van der Waals surface area (Å²) < 4.78 is 12.9. The number of rotatable bonds is 9. The predicted molar refractivity (Wildman–Crippen MR) is 119 cm³/mol. The summed E-state index contributed by atoms with van der Waals surface area (Å²) in [5, 5.41) is 3.15. The SMILES string of the molecule is CCOc1ccc(-n2c(=O)c3ccccc3n(C(CC)C(=O)NCCOC)c2=O)cc1. The molecule has 1 N–H and O–H groups in total. The first kappa shape index (κ1) is 22.3. The highest BCUT2D eigenvalue weighted by Gasteiger charge is 2.24. The van der Waals surface area contributed by atoms with E-state index in [2.05, 4.69) is 5.32 Å². The Balaban J connectivity index is 2.20. The largest absolute Gasteiger partial charge is 0.494 e. The normalized spacial score (nSPS) is 12.0. The van der Waals surface area contributed by atoms with E-state index in [1.54, 1.807) is 55.6 Å². The lowest BCUT2D eigenvalue weighted by Gasteiger charge is -2.21. The number of methoxy groups -OCH3 is 1. The maximum atomic E-state index is 13.5. The molecular formula is C23H27N3O5. The van der Waals surface area contributed by atoms with E-state index in [0.29, 0.717) is 48.5 Å². The van der Waals surface area contributed by atoms with Crippen LogP contribution in [0, 0.1) is 0 Å². The van der Waals surface area contributed by atoms with Crippen molar-refractivity contribution in [2.45, 2.75) is 26.3 Å². The Morgan fingerprint density at radius 2 is 1.77 bits per heavy atom. The van der Waals surface area contributed by atoms with E-state index >= 15 is 0 Å². The minimum atomic E-state index is -0.774. The van der Waals surface area contributed by atoms with E-state index in [-0.39, 0.29) is 5.91 Å². The quantitative estimate of drug-likeness (QED) is 0.531. The van der Waals surface area contributed by atoms with Crippen LogP contribution >= 0.6 is 0 Å². The van der Waals surface area contributed by atoms with Gasteiger partial charge in [-0.15, -0.1) is 0 Å². The third-order valence-corrected chi connectivity index (χ3v) is 5.01. The van der Waals surface area contributed by atoms with Crippen molar-refractivity contribution in [1.82, 2.24) is 14.5 Å². The third-order valence-electron chi connectivity index (χ3n) is 5.01. The lowest BCUT2D eigenvalue weighted by Crippen LogP contribution is -2.44. The van der Waals surface area contributed by atoms with Gasteiger partial charge in [-0.25, -0.2) is 9.36 Å². The van der Waals surface area contributed by atoms with Gasteiger partial charge >= 0.3 is 5.69 Å². The average Bonchev–Trinajstić information content (AvgIpc) is 2.78. The summed E-state index contributed by atoms with van der Waals surface area (Å²) in [5.41, 5.74) is -0.168. The van der Waals surface area contributed by atoms with Crippen molar-refractivity contribution in [3.63, 3.8) is 0 Å². The number of amides is 1. The molecular weight excluding hydrogens is 398 g/mol. The molecule has 1 heterocycles. The molecule has 0 aliphatic carbocycles. The highest BCUT2D eigenvalue weighted by Crippen LogP contribution is 2.19. The van der Waals surface area contributed by atoms with Crippen molar-refractivity contribution < 1.29 is 14.3 Å². The van der Waals surface area contributed by atoms with Crippen molar-refractivity contribution in [2.75, 3.05) is 26.9 Å². The van der Waals surface area contributed by atoms with Crippen molar-refractivity contribution in [3.05, 3.63) is 69.4 Å². The number of benzene rings is 2. The first-order valence-electron chi connectivity index (χ1n) is 10.3. The maximum absolute atomic E-state index is 13.5. The zero-order valence-electron chi connectivity index (χ0n) is 18.0. The highest BCUT2D eigenvalue weighted by atomic mass is 16.5. The highest BCUT2D eigenvalue weighted by molar-refractivity contribution is 5.84. The van der Waals surface area contributed by atoms with Gasteiger partial charge in [-0.05, 0) is 49.7 Å². The second-order valence-corrected chi connectivity index (χ2v) is 6.95. The monoisotopic (exact) mass is 425 g/mol. The molecule has 3 rings (SSSR count). The minimum Gasteiger partial charge on any atom is -0.494 e. The zero-order valence-corrected chi connectivity index (χ0v) is 18.0. The number of carbonyl (C=O) groups excluding carboxylic acids is 1. The van der Waals surface area contributed by atoms with E-state index < -0.39 is 17.3 Å². The molecule has 0 radical (unpaired) electrons. The Kier molecular flexibility index (Phi) is 7.25. The molecule has 1 amide bonds. The second kappa shape index (κ2) is 10.1. The fourth-order valence-electron chi connectivity index (χ4n) is 3.55. The predicted octanol–water partition coefficient (Wildman–Crippen LogP) is 2.26. The molecule has 3 aromatic rings. The number of fused-ring (bicyclic) bond motifs is 1. The van der Waals surface area contributed by atoms with Gasteiger partial charge < -0.3 is 14.8 Å². The average molecular weight is 425 g/mol. The van der Waals surface area contributed by atoms with Crippen LogP contribution in [0.1, 0.15) is 26.3 Å². The molecule has 1 atom stereocenters. The molecule has 0 saturated heterocycles. The molecule has 0 fully saturated rings. The minimum absolute atomic E-state index is 0.302. The van der Waals surface area contributed by atoms with E-state index in [4.69, 9.17) is 9.47 Å². The molecule has 0 bridgehead atoms. The topological polar surface area (TPSA) is 91.6 Å². The Labute approximate surface area is 180 Å². The van der Waals surface area contributed by atoms with Crippen molar-refractivity contribution >= 4 is 16.8 Å². The van der Waals surface area contributed by atoms with E-state index in [1.165, 1.54) is 4.57 Å². The smallest absolute Gasteiger partial charge is 0.336 e. The van der Waals surface area contributed by atoms with Crippen molar-refractivity contribution in [3.8, 4) is 11.4 Å². The van der Waals surface area contributed by atoms with Gasteiger partial charge in [0.15, 0.2) is 0 Å². The van der Waals surface area contributed by atoms with E-state index in [0.717, 1.165) is 4.57 Å². The van der Waals surface area contributed by atoms with Crippen LogP contribution in [0.25, 0.3) is 16.6 Å². The Hall–Kier alpha value is -3.39. The summed E-state index contributed by atoms with van der Waals surface area (Å²) in [4.78, 5) is 39.6. The molecule has 8 nitrogen and oxygen atoms in total. The summed E-state index contributed by atoms with van der Waals surface area (Å²) in [6, 6.07) is 12.8. The standard InChI is InChI=1S/C23H27N3O5/c1-4-19(21(27)24-14-15-30-3)26-20-9-7-6-8-18(20)22(28)25(23(26)29)16-10-12-17(13-11-16)31-5-2/h6-13,19H,4-5,14-15H2,1-3H3,(H,24,27). The van der Waals surface area contributed by atoms with Gasteiger partial charge in [-0.1, -0.05) is 19.1 Å². The van der Waals surface area contributed by atoms with Gasteiger partial charge in [0.1, 0.15) is 11.8 Å². The number of nitrogens with zero attached hydrogens (tertiary/aromatic N) is 2. The van der Waals surface area contributed by atoms with Crippen LogP contribution in [0.15, 0.2) is 58.1 Å². The maximum Gasteiger partial charge on any atom is 0.336 e. The first-order chi connectivity index (χ1) is 15.0. The second-order valence-electron chi connectivity index (χ2n) is 6.95. The molecule has 0 saturated carbocycles. The fraction of sp³-hybridized carbons (Fsp3) is 0.348. The van der Waals surface area contributed by atoms with Crippen molar-refractivity contribution in [1.29, 1.82) is 0 Å². The van der Waals surface area contributed by atoms with Crippen LogP contribution in [0.5, 0.6) is 5.75 Å². The lowest BCUT2D eigenvalue weighted by atomic mass is 10.1. The molecule has 0 spiro atoms. The van der Waals surface area contributed by atoms with Gasteiger partial charge in [-0.2, -0.15) is 0 Å². The van der Waals surface area contributed by atoms with E-state index in [9.17, 15) is 14.4 Å². The fourth-order valence-corrected chi connectivity index (χ4v) is 3.55. The Morgan fingerprint density at radius 1 is 1.06 bits per heavy atom. The molecule has 0 aliphatic rings. The van der Waals surface area contributed by atoms with Crippen LogP contribution in [0.4, 0.5) is 0 Å². The molecule has 31 heavy (non-hydrogen) atoms. The molecule has 8 heteroatoms. The zero-order chi connectivity index (χ0) is 22.4. The van der Waals surface area contributed by atoms with Gasteiger partial charge in [0.2, 0.25) is 5.91 Å². The number of carbonyl (C=O) groups is 1. The summed E-state index contributed by atoms with van der Waals surface area (Å²) >= 11 is 0. The van der Waals surface area contributed by atoms with Crippen molar-refractivity contribution in [2.24, 2.45) is 0 Å². The Morgan fingerprint density at radius 3 is 2.42 bits per heavy atom. The number of ether oxygens (including phenoxy) is 2. The van der Waals surface area contributed by atoms with Gasteiger partial charge in [0, 0.05) is 13.7 Å². The van der Waals surface area contributed by atoms with Crippen LogP contribution in [0.2, 0.25) is 0 Å².